The van der Waals surface area contributed by atoms with Crippen molar-refractivity contribution in [1.82, 2.24) is 9.62 Å². The van der Waals surface area contributed by atoms with Crippen LogP contribution < -0.4 is 5.32 Å². The first-order valence-electron chi connectivity index (χ1n) is 9.85. The molecule has 3 rings (SSSR count). The number of amides is 1. The second kappa shape index (κ2) is 9.07. The summed E-state index contributed by atoms with van der Waals surface area (Å²) in [6, 6.07) is 14.4. The molecule has 2 aromatic carbocycles. The molecule has 29 heavy (non-hydrogen) atoms. The molecule has 1 heterocycles. The number of nitrogens with one attached hydrogen (secondary N) is 1. The van der Waals surface area contributed by atoms with Gasteiger partial charge in [0.05, 0.1) is 17.1 Å². The van der Waals surface area contributed by atoms with Gasteiger partial charge in [-0.15, -0.1) is 0 Å². The Morgan fingerprint density at radius 1 is 1.10 bits per heavy atom. The van der Waals surface area contributed by atoms with E-state index in [1.165, 1.54) is 22.0 Å². The molecular weight excluding hydrogens is 388 g/mol. The van der Waals surface area contributed by atoms with E-state index in [4.69, 9.17) is 4.74 Å². The lowest BCUT2D eigenvalue weighted by molar-refractivity contribution is -0.0440. The summed E-state index contributed by atoms with van der Waals surface area (Å²) in [7, 11) is -3.68. The zero-order valence-corrected chi connectivity index (χ0v) is 17.9. The Morgan fingerprint density at radius 3 is 2.48 bits per heavy atom. The van der Waals surface area contributed by atoms with E-state index in [1.807, 2.05) is 39.0 Å². The second-order valence-corrected chi connectivity index (χ2v) is 9.54. The first-order chi connectivity index (χ1) is 13.8. The summed E-state index contributed by atoms with van der Waals surface area (Å²) in [5, 5.41) is 2.87. The van der Waals surface area contributed by atoms with E-state index in [0.717, 1.165) is 12.0 Å². The number of benzene rings is 2. The smallest absolute Gasteiger partial charge is 0.251 e. The van der Waals surface area contributed by atoms with Gasteiger partial charge >= 0.3 is 0 Å². The molecule has 1 aliphatic heterocycles. The van der Waals surface area contributed by atoms with Gasteiger partial charge in [-0.25, -0.2) is 8.42 Å². The van der Waals surface area contributed by atoms with Crippen LogP contribution in [0.1, 0.15) is 35.3 Å². The molecule has 1 amide bonds. The van der Waals surface area contributed by atoms with Crippen molar-refractivity contribution in [2.24, 2.45) is 0 Å². The molecule has 2 atom stereocenters. The number of rotatable bonds is 6. The quantitative estimate of drug-likeness (QED) is 0.786. The fourth-order valence-electron chi connectivity index (χ4n) is 3.56. The molecule has 156 valence electrons. The van der Waals surface area contributed by atoms with Crippen molar-refractivity contribution in [3.8, 4) is 0 Å². The lowest BCUT2D eigenvalue weighted by Crippen LogP contribution is -2.48. The standard InChI is InChI=1S/C22H28N2O4S/c1-16-6-4-7-19(12-16)10-11-23-22(25)20-8-5-9-21(13-20)29(26,27)24-14-17(2)28-18(3)15-24/h4-9,12-13,17-18H,10-11,14-15H2,1-3H3,(H,23,25). The molecule has 1 N–H and O–H groups in total. The van der Waals surface area contributed by atoms with Gasteiger partial charge in [-0.1, -0.05) is 35.9 Å². The fraction of sp³-hybridized carbons (Fsp3) is 0.409. The average molecular weight is 417 g/mol. The summed E-state index contributed by atoms with van der Waals surface area (Å²) in [5.74, 6) is -0.279. The van der Waals surface area contributed by atoms with Gasteiger partial charge in [-0.2, -0.15) is 4.31 Å². The minimum Gasteiger partial charge on any atom is -0.373 e. The second-order valence-electron chi connectivity index (χ2n) is 7.60. The molecule has 0 saturated carbocycles. The number of hydrogen-bond acceptors (Lipinski definition) is 4. The van der Waals surface area contributed by atoms with E-state index >= 15 is 0 Å². The molecule has 7 heteroatoms. The minimum absolute atomic E-state index is 0.130. The van der Waals surface area contributed by atoms with E-state index < -0.39 is 10.0 Å². The summed E-state index contributed by atoms with van der Waals surface area (Å²) in [4.78, 5) is 12.7. The number of nitrogens with zero attached hydrogens (tertiary/aromatic N) is 1. The van der Waals surface area contributed by atoms with Crippen LogP contribution in [-0.4, -0.2) is 50.5 Å². The summed E-state index contributed by atoms with van der Waals surface area (Å²) in [5.41, 5.74) is 2.67. The largest absolute Gasteiger partial charge is 0.373 e. The highest BCUT2D eigenvalue weighted by molar-refractivity contribution is 7.89. The maximum atomic E-state index is 13.0. The topological polar surface area (TPSA) is 75.7 Å². The number of aryl methyl sites for hydroxylation is 1. The lowest BCUT2D eigenvalue weighted by atomic mass is 10.1. The number of carbonyl (C=O) groups excluding carboxylic acids is 1. The third-order valence-corrected chi connectivity index (χ3v) is 6.73. The van der Waals surface area contributed by atoms with Crippen molar-refractivity contribution in [3.05, 3.63) is 65.2 Å². The third kappa shape index (κ3) is 5.44. The molecule has 0 aliphatic carbocycles. The van der Waals surface area contributed by atoms with Crippen LogP contribution in [0.3, 0.4) is 0 Å². The Kier molecular flexibility index (Phi) is 6.72. The van der Waals surface area contributed by atoms with Crippen LogP contribution in [0.4, 0.5) is 0 Å². The molecule has 1 fully saturated rings. The molecule has 2 aromatic rings. The van der Waals surface area contributed by atoms with Crippen LogP contribution in [0.15, 0.2) is 53.4 Å². The van der Waals surface area contributed by atoms with Gasteiger partial charge in [-0.05, 0) is 51.0 Å². The maximum absolute atomic E-state index is 13.0. The van der Waals surface area contributed by atoms with Gasteiger partial charge in [0, 0.05) is 25.2 Å². The van der Waals surface area contributed by atoms with Gasteiger partial charge in [-0.3, -0.25) is 4.79 Å². The third-order valence-electron chi connectivity index (χ3n) is 4.90. The zero-order chi connectivity index (χ0) is 21.0. The molecule has 0 aromatic heterocycles. The summed E-state index contributed by atoms with van der Waals surface area (Å²) >= 11 is 0. The average Bonchev–Trinajstić information content (AvgIpc) is 2.67. The molecular formula is C22H28N2O4S. The monoisotopic (exact) mass is 416 g/mol. The first-order valence-corrected chi connectivity index (χ1v) is 11.3. The van der Waals surface area contributed by atoms with Gasteiger partial charge in [0.25, 0.3) is 5.91 Å². The predicted octanol–water partition coefficient (Wildman–Crippen LogP) is 2.77. The lowest BCUT2D eigenvalue weighted by Gasteiger charge is -2.34. The van der Waals surface area contributed by atoms with Crippen LogP contribution in [0, 0.1) is 6.92 Å². The number of carbonyl (C=O) groups is 1. The van der Waals surface area contributed by atoms with E-state index in [1.54, 1.807) is 12.1 Å². The van der Waals surface area contributed by atoms with Gasteiger partial charge < -0.3 is 10.1 Å². The van der Waals surface area contributed by atoms with Crippen molar-refractivity contribution in [2.45, 2.75) is 44.3 Å². The Morgan fingerprint density at radius 2 is 1.79 bits per heavy atom. The molecule has 2 unspecified atom stereocenters. The molecule has 0 spiro atoms. The Bertz CT molecular complexity index is 964. The van der Waals surface area contributed by atoms with E-state index in [-0.39, 0.29) is 23.0 Å². The van der Waals surface area contributed by atoms with Crippen molar-refractivity contribution in [3.63, 3.8) is 0 Å². The molecule has 0 radical (unpaired) electrons. The van der Waals surface area contributed by atoms with Gasteiger partial charge in [0.2, 0.25) is 10.0 Å². The predicted molar refractivity (Wildman–Crippen MR) is 112 cm³/mol. The molecule has 1 aliphatic rings. The van der Waals surface area contributed by atoms with Crippen LogP contribution in [0.25, 0.3) is 0 Å². The minimum atomic E-state index is -3.68. The number of sulfonamides is 1. The van der Waals surface area contributed by atoms with Crippen molar-refractivity contribution in [1.29, 1.82) is 0 Å². The van der Waals surface area contributed by atoms with E-state index in [0.29, 0.717) is 25.2 Å². The molecule has 6 nitrogen and oxygen atoms in total. The Hall–Kier alpha value is -2.22. The molecule has 0 bridgehead atoms. The van der Waals surface area contributed by atoms with Gasteiger partial charge in [0.1, 0.15) is 0 Å². The SMILES string of the molecule is Cc1cccc(CCNC(=O)c2cccc(S(=O)(=O)N3CC(C)OC(C)C3)c2)c1. The van der Waals surface area contributed by atoms with Crippen LogP contribution >= 0.6 is 0 Å². The van der Waals surface area contributed by atoms with Crippen LogP contribution in [0.5, 0.6) is 0 Å². The highest BCUT2D eigenvalue weighted by Gasteiger charge is 2.32. The summed E-state index contributed by atoms with van der Waals surface area (Å²) < 4.78 is 33.1. The highest BCUT2D eigenvalue weighted by atomic mass is 32.2. The zero-order valence-electron chi connectivity index (χ0n) is 17.1. The first kappa shape index (κ1) is 21.5. The maximum Gasteiger partial charge on any atom is 0.251 e. The van der Waals surface area contributed by atoms with E-state index in [2.05, 4.69) is 11.4 Å². The number of ether oxygens (including phenoxy) is 1. The van der Waals surface area contributed by atoms with Crippen LogP contribution in [0.2, 0.25) is 0 Å². The normalized spacial score (nSPS) is 20.4. The Labute approximate surface area is 172 Å². The van der Waals surface area contributed by atoms with Crippen molar-refractivity contribution >= 4 is 15.9 Å². The molecule has 1 saturated heterocycles. The fourth-order valence-corrected chi connectivity index (χ4v) is 5.20. The number of morpholine rings is 1. The Balaban J connectivity index is 1.67. The summed E-state index contributed by atoms with van der Waals surface area (Å²) in [6.07, 6.45) is 0.387. The van der Waals surface area contributed by atoms with Gasteiger partial charge in [0.15, 0.2) is 0 Å². The van der Waals surface area contributed by atoms with Crippen molar-refractivity contribution in [2.75, 3.05) is 19.6 Å². The van der Waals surface area contributed by atoms with Crippen LogP contribution in [-0.2, 0) is 21.2 Å². The van der Waals surface area contributed by atoms with Crippen molar-refractivity contribution < 1.29 is 17.9 Å². The summed E-state index contributed by atoms with van der Waals surface area (Å²) in [6.45, 7) is 6.84. The van der Waals surface area contributed by atoms with E-state index in [9.17, 15) is 13.2 Å². The number of hydrogen-bond donors (Lipinski definition) is 1. The highest BCUT2D eigenvalue weighted by Crippen LogP contribution is 2.22.